The lowest BCUT2D eigenvalue weighted by atomic mass is 10.1. The van der Waals surface area contributed by atoms with Crippen molar-refractivity contribution >= 4 is 17.4 Å². The number of fused-ring (bicyclic) bond motifs is 1. The van der Waals surface area contributed by atoms with Gasteiger partial charge >= 0.3 is 18.0 Å². The van der Waals surface area contributed by atoms with E-state index in [1.54, 1.807) is 4.57 Å². The van der Waals surface area contributed by atoms with E-state index in [9.17, 15) is 28.1 Å². The van der Waals surface area contributed by atoms with Crippen molar-refractivity contribution in [3.8, 4) is 6.01 Å². The Labute approximate surface area is 187 Å². The summed E-state index contributed by atoms with van der Waals surface area (Å²) in [5.74, 6) is -0.531. The maximum absolute atomic E-state index is 12.6. The topological polar surface area (TPSA) is 106 Å². The Morgan fingerprint density at radius 3 is 2.42 bits per heavy atom. The van der Waals surface area contributed by atoms with Crippen molar-refractivity contribution in [1.29, 1.82) is 0 Å². The molecule has 2 aliphatic rings. The molecule has 2 aromatic rings. The molecule has 10 nitrogen and oxygen atoms in total. The molecule has 3 heterocycles. The molecule has 13 heteroatoms. The second kappa shape index (κ2) is 8.63. The summed E-state index contributed by atoms with van der Waals surface area (Å²) in [6.07, 6.45) is -3.05. The minimum Gasteiger partial charge on any atom is -0.436 e. The van der Waals surface area contributed by atoms with E-state index >= 15 is 0 Å². The fourth-order valence-electron chi connectivity index (χ4n) is 4.09. The highest BCUT2D eigenvalue weighted by molar-refractivity contribution is 5.92. The maximum atomic E-state index is 12.6. The van der Waals surface area contributed by atoms with Gasteiger partial charge in [-0.2, -0.15) is 13.2 Å². The molecule has 1 fully saturated rings. The van der Waals surface area contributed by atoms with Gasteiger partial charge in [-0.3, -0.25) is 19.2 Å². The molecule has 33 heavy (non-hydrogen) atoms. The number of amides is 1. The van der Waals surface area contributed by atoms with Crippen LogP contribution in [0.3, 0.4) is 0 Å². The van der Waals surface area contributed by atoms with E-state index < -0.39 is 22.3 Å². The van der Waals surface area contributed by atoms with Crippen LogP contribution in [-0.2, 0) is 17.5 Å². The predicted molar refractivity (Wildman–Crippen MR) is 111 cm³/mol. The molecule has 0 spiro atoms. The number of hydrogen-bond donors (Lipinski definition) is 1. The van der Waals surface area contributed by atoms with Crippen LogP contribution in [0.4, 0.5) is 24.7 Å². The van der Waals surface area contributed by atoms with Crippen molar-refractivity contribution in [2.75, 3.05) is 44.6 Å². The Kier molecular flexibility index (Phi) is 6.01. The first-order valence-corrected chi connectivity index (χ1v) is 10.3. The number of nitrogens with zero attached hydrogens (tertiary/aromatic N) is 5. The lowest BCUT2D eigenvalue weighted by molar-refractivity contribution is -0.389. The number of carbonyl (C=O) groups is 1. The minimum absolute atomic E-state index is 0.141. The number of piperazine rings is 1. The third-order valence-corrected chi connectivity index (χ3v) is 5.64. The predicted octanol–water partition coefficient (Wildman–Crippen LogP) is 2.22. The molecule has 1 aromatic carbocycles. The lowest BCUT2D eigenvalue weighted by Gasteiger charge is -2.37. The zero-order valence-corrected chi connectivity index (χ0v) is 17.8. The fourth-order valence-corrected chi connectivity index (χ4v) is 4.09. The Hall–Kier alpha value is -3.19. The van der Waals surface area contributed by atoms with Gasteiger partial charge in [-0.05, 0) is 36.1 Å². The molecule has 0 saturated carbocycles. The second-order valence-electron chi connectivity index (χ2n) is 8.49. The highest BCUT2D eigenvalue weighted by atomic mass is 19.4. The van der Waals surface area contributed by atoms with Crippen molar-refractivity contribution in [3.63, 3.8) is 0 Å². The summed E-state index contributed by atoms with van der Waals surface area (Å²) in [4.78, 5) is 30.6. The van der Waals surface area contributed by atoms with Gasteiger partial charge in [0, 0.05) is 43.4 Å². The molecule has 1 atom stereocenters. The Balaban J connectivity index is 1.22. The molecule has 178 valence electrons. The Morgan fingerprint density at radius 1 is 1.21 bits per heavy atom. The zero-order valence-electron chi connectivity index (χ0n) is 17.8. The van der Waals surface area contributed by atoms with Crippen molar-refractivity contribution < 1.29 is 27.6 Å². The Morgan fingerprint density at radius 2 is 1.85 bits per heavy atom. The van der Waals surface area contributed by atoms with Crippen LogP contribution in [0, 0.1) is 10.1 Å². The number of anilines is 1. The van der Waals surface area contributed by atoms with Crippen molar-refractivity contribution in [1.82, 2.24) is 19.4 Å². The molecule has 1 unspecified atom stereocenters. The first kappa shape index (κ1) is 23.0. The smallest absolute Gasteiger partial charge is 0.416 e. The van der Waals surface area contributed by atoms with Gasteiger partial charge in [0.2, 0.25) is 5.91 Å². The van der Waals surface area contributed by atoms with E-state index in [1.807, 2.05) is 11.8 Å². The summed E-state index contributed by atoms with van der Waals surface area (Å²) < 4.78 is 45.4. The molecule has 0 bridgehead atoms. The first-order valence-electron chi connectivity index (χ1n) is 10.3. The van der Waals surface area contributed by atoms with E-state index in [2.05, 4.69) is 15.2 Å². The number of aromatic nitrogens is 2. The summed E-state index contributed by atoms with van der Waals surface area (Å²) in [5.41, 5.74) is -1.01. The average Bonchev–Trinajstić information content (AvgIpc) is 3.24. The van der Waals surface area contributed by atoms with E-state index in [1.165, 1.54) is 18.3 Å². The highest BCUT2D eigenvalue weighted by Gasteiger charge is 2.41. The molecule has 1 aromatic heterocycles. The van der Waals surface area contributed by atoms with Gasteiger partial charge in [0.1, 0.15) is 11.8 Å². The normalized spacial score (nSPS) is 21.5. The summed E-state index contributed by atoms with van der Waals surface area (Å²) in [7, 11) is 0. The third-order valence-electron chi connectivity index (χ3n) is 5.64. The van der Waals surface area contributed by atoms with Gasteiger partial charge < -0.3 is 20.2 Å². The number of nitro groups is 1. The molecule has 1 amide bonds. The van der Waals surface area contributed by atoms with Gasteiger partial charge in [-0.25, -0.2) is 0 Å². The number of imidazole rings is 1. The number of ether oxygens (including phenoxy) is 1. The van der Waals surface area contributed by atoms with E-state index in [-0.39, 0.29) is 24.3 Å². The molecule has 0 radical (unpaired) electrons. The SMILES string of the molecule is CC1(CN2CCN(CC(=O)Nc3ccc(C(F)(F)F)cc3)CC2)Cn2cc([N+](=O)[O-])nc2O1. The average molecular weight is 468 g/mol. The highest BCUT2D eigenvalue weighted by Crippen LogP contribution is 2.32. The summed E-state index contributed by atoms with van der Waals surface area (Å²) >= 11 is 0. The molecular weight excluding hydrogens is 445 g/mol. The number of alkyl halides is 3. The number of carbonyl (C=O) groups excluding carboxylic acids is 1. The molecular formula is C20H23F3N6O4. The largest absolute Gasteiger partial charge is 0.436 e. The number of halogens is 3. The van der Waals surface area contributed by atoms with Crippen LogP contribution in [0.15, 0.2) is 30.5 Å². The van der Waals surface area contributed by atoms with Gasteiger partial charge in [0.25, 0.3) is 0 Å². The van der Waals surface area contributed by atoms with Crippen LogP contribution >= 0.6 is 0 Å². The van der Waals surface area contributed by atoms with Crippen LogP contribution in [-0.4, -0.2) is 75.1 Å². The zero-order chi connectivity index (χ0) is 23.8. The van der Waals surface area contributed by atoms with E-state index in [4.69, 9.17) is 4.74 Å². The van der Waals surface area contributed by atoms with Gasteiger partial charge in [0.05, 0.1) is 18.7 Å². The van der Waals surface area contributed by atoms with Crippen LogP contribution in [0.1, 0.15) is 12.5 Å². The lowest BCUT2D eigenvalue weighted by Crippen LogP contribution is -2.53. The van der Waals surface area contributed by atoms with Gasteiger partial charge in [-0.1, -0.05) is 0 Å². The van der Waals surface area contributed by atoms with Crippen molar-refractivity contribution in [2.24, 2.45) is 0 Å². The van der Waals surface area contributed by atoms with Crippen LogP contribution in [0.5, 0.6) is 6.01 Å². The maximum Gasteiger partial charge on any atom is 0.416 e. The summed E-state index contributed by atoms with van der Waals surface area (Å²) in [5, 5.41) is 13.5. The van der Waals surface area contributed by atoms with Crippen molar-refractivity contribution in [2.45, 2.75) is 25.2 Å². The van der Waals surface area contributed by atoms with Crippen LogP contribution in [0.2, 0.25) is 0 Å². The van der Waals surface area contributed by atoms with Gasteiger partial charge in [-0.15, -0.1) is 0 Å². The van der Waals surface area contributed by atoms with Crippen LogP contribution < -0.4 is 10.1 Å². The molecule has 1 N–H and O–H groups in total. The number of rotatable bonds is 6. The minimum atomic E-state index is -4.42. The van der Waals surface area contributed by atoms with Crippen molar-refractivity contribution in [3.05, 3.63) is 46.1 Å². The molecule has 0 aliphatic carbocycles. The first-order chi connectivity index (χ1) is 15.5. The molecule has 1 saturated heterocycles. The van der Waals surface area contributed by atoms with E-state index in [0.29, 0.717) is 45.0 Å². The number of nitrogens with one attached hydrogen (secondary N) is 1. The standard InChI is InChI=1S/C20H23F3N6O4/c1-19(13-28-10-16(29(31)32)25-18(28)33-19)12-27-8-6-26(7-9-27)11-17(30)24-15-4-2-14(3-5-15)20(21,22)23/h2-5,10H,6-9,11-13H2,1H3,(H,24,30). The quantitative estimate of drug-likeness (QED) is 0.512. The summed E-state index contributed by atoms with van der Waals surface area (Å²) in [6.45, 7) is 5.83. The monoisotopic (exact) mass is 468 g/mol. The fraction of sp³-hybridized carbons (Fsp3) is 0.500. The molecule has 4 rings (SSSR count). The number of hydrogen-bond acceptors (Lipinski definition) is 7. The van der Waals surface area contributed by atoms with Gasteiger partial charge in [0.15, 0.2) is 0 Å². The third kappa shape index (κ3) is 5.42. The second-order valence-corrected chi connectivity index (χ2v) is 8.49. The van der Waals surface area contributed by atoms with Crippen LogP contribution in [0.25, 0.3) is 0 Å². The van der Waals surface area contributed by atoms with E-state index in [0.717, 1.165) is 12.1 Å². The molecule has 2 aliphatic heterocycles. The summed E-state index contributed by atoms with van der Waals surface area (Å²) in [6, 6.07) is 4.58. The number of benzene rings is 1. The Bertz CT molecular complexity index is 1010.